The Kier molecular flexibility index (Phi) is 10.4. The van der Waals surface area contributed by atoms with Gasteiger partial charge >= 0.3 is 5.97 Å². The van der Waals surface area contributed by atoms with E-state index < -0.39 is 40.1 Å². The summed E-state index contributed by atoms with van der Waals surface area (Å²) in [6, 6.07) is 7.09. The van der Waals surface area contributed by atoms with Crippen LogP contribution in [-0.4, -0.2) is 44.8 Å². The molecule has 0 saturated heterocycles. The van der Waals surface area contributed by atoms with Crippen LogP contribution in [0.15, 0.2) is 61.2 Å². The van der Waals surface area contributed by atoms with E-state index in [0.717, 1.165) is 62.8 Å². The van der Waals surface area contributed by atoms with Gasteiger partial charge in [0.05, 0.1) is 24.3 Å². The number of ether oxygens (including phenoxy) is 1. The third-order valence-corrected chi connectivity index (χ3v) is 9.04. The minimum absolute atomic E-state index is 0.0961. The van der Waals surface area contributed by atoms with Crippen LogP contribution in [0.4, 0.5) is 17.6 Å². The number of carbonyl (C=O) groups excluding carboxylic acids is 2. The van der Waals surface area contributed by atoms with E-state index >= 15 is 0 Å². The quantitative estimate of drug-likeness (QED) is 0.123. The number of nitrogens with two attached hydrogens (primary N) is 1. The van der Waals surface area contributed by atoms with Crippen LogP contribution in [0.25, 0.3) is 0 Å². The molecule has 0 amide bonds. The molecule has 0 spiro atoms. The van der Waals surface area contributed by atoms with Crippen LogP contribution >= 0.6 is 0 Å². The third-order valence-electron chi connectivity index (χ3n) is 9.04. The maximum atomic E-state index is 14.2. The molecule has 2 aliphatic rings. The molecule has 0 bridgehead atoms. The molecule has 2 aromatic carbocycles. The van der Waals surface area contributed by atoms with Crippen LogP contribution in [0, 0.1) is 23.3 Å². The predicted molar refractivity (Wildman–Crippen MR) is 165 cm³/mol. The number of carbonyl (C=O) groups is 2. The average molecular weight is 650 g/mol. The lowest BCUT2D eigenvalue weighted by molar-refractivity contribution is 0.0525. The van der Waals surface area contributed by atoms with E-state index in [2.05, 4.69) is 19.9 Å². The number of ketones is 1. The van der Waals surface area contributed by atoms with Crippen molar-refractivity contribution < 1.29 is 31.9 Å². The topological polar surface area (TPSA) is 121 Å². The first kappa shape index (κ1) is 33.8. The number of benzene rings is 2. The van der Waals surface area contributed by atoms with Gasteiger partial charge in [0.2, 0.25) is 0 Å². The van der Waals surface area contributed by atoms with Crippen LogP contribution in [0.2, 0.25) is 0 Å². The zero-order chi connectivity index (χ0) is 33.6. The summed E-state index contributed by atoms with van der Waals surface area (Å²) in [6.45, 7) is 1.91. The van der Waals surface area contributed by atoms with Crippen molar-refractivity contribution in [2.75, 3.05) is 13.2 Å². The van der Waals surface area contributed by atoms with Gasteiger partial charge in [-0.05, 0) is 80.1 Å². The summed E-state index contributed by atoms with van der Waals surface area (Å²) in [6.07, 6.45) is 11.5. The van der Waals surface area contributed by atoms with E-state index in [4.69, 9.17) is 10.5 Å². The van der Waals surface area contributed by atoms with Crippen molar-refractivity contribution in [3.63, 3.8) is 0 Å². The minimum atomic E-state index is -0.475. The molecule has 2 heterocycles. The first-order chi connectivity index (χ1) is 22.6. The zero-order valence-corrected chi connectivity index (χ0v) is 25.9. The Morgan fingerprint density at radius 2 is 1.15 bits per heavy atom. The van der Waals surface area contributed by atoms with Gasteiger partial charge in [0, 0.05) is 48.5 Å². The van der Waals surface area contributed by atoms with Crippen molar-refractivity contribution >= 4 is 11.8 Å². The molecule has 246 valence electrons. The summed E-state index contributed by atoms with van der Waals surface area (Å²) < 4.78 is 60.3. The fraction of sp³-hybridized carbons (Fsp3) is 0.371. The van der Waals surface area contributed by atoms with Crippen LogP contribution in [0.3, 0.4) is 0 Å². The number of esters is 1. The lowest BCUT2D eigenvalue weighted by Gasteiger charge is -2.42. The molecular formula is C35H35F4N5O3. The predicted octanol–water partition coefficient (Wildman–Crippen LogP) is 6.16. The number of halogens is 4. The Bertz CT molecular complexity index is 1730. The maximum Gasteiger partial charge on any atom is 0.341 e. The second kappa shape index (κ2) is 14.5. The summed E-state index contributed by atoms with van der Waals surface area (Å²) in [5.41, 5.74) is 5.76. The maximum absolute atomic E-state index is 14.2. The summed E-state index contributed by atoms with van der Waals surface area (Å²) >= 11 is 0. The van der Waals surface area contributed by atoms with Crippen molar-refractivity contribution in [2.45, 2.75) is 69.1 Å². The summed E-state index contributed by atoms with van der Waals surface area (Å²) in [5.74, 6) is -1.38. The average Bonchev–Trinajstić information content (AvgIpc) is 3.04. The Morgan fingerprint density at radius 3 is 1.51 bits per heavy atom. The Balaban J connectivity index is 0.000000185. The van der Waals surface area contributed by atoms with E-state index in [1.807, 2.05) is 0 Å². The van der Waals surface area contributed by atoms with Crippen molar-refractivity contribution in [3.05, 3.63) is 118 Å². The highest BCUT2D eigenvalue weighted by atomic mass is 19.1. The van der Waals surface area contributed by atoms with Gasteiger partial charge in [-0.3, -0.25) is 4.79 Å². The molecule has 4 aromatic rings. The highest BCUT2D eigenvalue weighted by Crippen LogP contribution is 2.48. The molecule has 2 fully saturated rings. The van der Waals surface area contributed by atoms with Gasteiger partial charge in [0.25, 0.3) is 0 Å². The normalized spacial score (nSPS) is 15.8. The molecule has 0 atom stereocenters. The number of rotatable bonds is 10. The summed E-state index contributed by atoms with van der Waals surface area (Å²) in [4.78, 5) is 39.9. The van der Waals surface area contributed by atoms with Gasteiger partial charge in [-0.1, -0.05) is 12.8 Å². The molecule has 2 N–H and O–H groups in total. The fourth-order valence-electron chi connectivity index (χ4n) is 6.18. The van der Waals surface area contributed by atoms with Crippen LogP contribution in [0.5, 0.6) is 0 Å². The van der Waals surface area contributed by atoms with Crippen molar-refractivity contribution in [2.24, 2.45) is 5.73 Å². The van der Waals surface area contributed by atoms with Gasteiger partial charge < -0.3 is 10.5 Å². The number of hydrogen-bond acceptors (Lipinski definition) is 8. The Morgan fingerprint density at radius 1 is 0.723 bits per heavy atom. The molecule has 0 aliphatic heterocycles. The number of aromatic nitrogens is 4. The summed E-state index contributed by atoms with van der Waals surface area (Å²) in [7, 11) is 0. The second-order valence-corrected chi connectivity index (χ2v) is 12.0. The van der Waals surface area contributed by atoms with Crippen molar-refractivity contribution in [1.82, 2.24) is 19.9 Å². The van der Waals surface area contributed by atoms with Crippen molar-refractivity contribution in [1.29, 1.82) is 0 Å². The van der Waals surface area contributed by atoms with Gasteiger partial charge in [-0.25, -0.2) is 42.3 Å². The van der Waals surface area contributed by atoms with E-state index in [9.17, 15) is 27.2 Å². The zero-order valence-electron chi connectivity index (χ0n) is 25.9. The van der Waals surface area contributed by atoms with E-state index in [1.165, 1.54) is 36.9 Å². The van der Waals surface area contributed by atoms with Crippen molar-refractivity contribution in [3.8, 4) is 0 Å². The fourth-order valence-corrected chi connectivity index (χ4v) is 6.18. The van der Waals surface area contributed by atoms with Crippen LogP contribution < -0.4 is 5.73 Å². The van der Waals surface area contributed by atoms with E-state index in [-0.39, 0.29) is 24.5 Å². The molecular weight excluding hydrogens is 614 g/mol. The smallest absolute Gasteiger partial charge is 0.341 e. The first-order valence-electron chi connectivity index (χ1n) is 15.5. The largest absolute Gasteiger partial charge is 0.462 e. The van der Waals surface area contributed by atoms with Gasteiger partial charge in [0.15, 0.2) is 5.78 Å². The van der Waals surface area contributed by atoms with Gasteiger partial charge in [-0.2, -0.15) is 0 Å². The van der Waals surface area contributed by atoms with Crippen LogP contribution in [-0.2, 0) is 28.4 Å². The molecule has 47 heavy (non-hydrogen) atoms. The number of hydrogen-bond donors (Lipinski definition) is 1. The third kappa shape index (κ3) is 7.54. The Labute approximate surface area is 269 Å². The standard InChI is InChI=1S/C18H18F2N2O2.C17H17F2N3O/c1-2-24-17(23)12-10-21-16(22-11-12)9-18(6-3-7-18)14-8-13(19)4-5-15(14)20;18-12-2-3-14(19)13(6-12)17(4-1-5-17)7-16-21-9-11(10-22-16)15(23)8-20/h4-5,8,10-11H,2-3,6-7,9H2,1H3;2-3,6,9-10H,1,4-5,7-8,20H2. The molecule has 2 aromatic heterocycles. The monoisotopic (exact) mass is 649 g/mol. The Hall–Kier alpha value is -4.58. The molecule has 12 heteroatoms. The minimum Gasteiger partial charge on any atom is -0.462 e. The lowest BCUT2D eigenvalue weighted by atomic mass is 9.62. The molecule has 0 unspecified atom stereocenters. The molecule has 6 rings (SSSR count). The van der Waals surface area contributed by atoms with Crippen LogP contribution in [0.1, 0.15) is 88.9 Å². The number of nitrogens with zero attached hydrogens (tertiary/aromatic N) is 4. The SMILES string of the molecule is CCOC(=O)c1cnc(CC2(c3cc(F)ccc3F)CCC2)nc1.NCC(=O)c1cnc(CC2(c3cc(F)ccc3F)CCC2)nc1. The van der Waals surface area contributed by atoms with E-state index in [0.29, 0.717) is 41.2 Å². The van der Waals surface area contributed by atoms with Gasteiger partial charge in [0.1, 0.15) is 34.9 Å². The first-order valence-corrected chi connectivity index (χ1v) is 15.5. The van der Waals surface area contributed by atoms with Gasteiger partial charge in [-0.15, -0.1) is 0 Å². The van der Waals surface area contributed by atoms with E-state index in [1.54, 1.807) is 6.92 Å². The lowest BCUT2D eigenvalue weighted by Crippen LogP contribution is -2.38. The molecule has 0 radical (unpaired) electrons. The molecule has 2 aliphatic carbocycles. The molecule has 2 saturated carbocycles. The second-order valence-electron chi connectivity index (χ2n) is 12.0. The highest BCUT2D eigenvalue weighted by molar-refractivity contribution is 5.96. The number of Topliss-reactive ketones (excluding diaryl/α,β-unsaturated/α-hetero) is 1. The summed E-state index contributed by atoms with van der Waals surface area (Å²) in [5, 5.41) is 0. The molecule has 8 nitrogen and oxygen atoms in total. The highest BCUT2D eigenvalue weighted by Gasteiger charge is 2.42.